The Hall–Kier alpha value is -2.38. The molecule has 2 aliphatic rings. The largest absolute Gasteiger partial charge is 0.352 e. The summed E-state index contributed by atoms with van der Waals surface area (Å²) >= 11 is 0. The number of likely N-dealkylation sites (N-methyl/N-ethyl adjacent to an activating group) is 1. The highest BCUT2D eigenvalue weighted by Crippen LogP contribution is 2.23. The molecule has 8 nitrogen and oxygen atoms in total. The lowest BCUT2D eigenvalue weighted by molar-refractivity contribution is -0.136. The molecule has 0 aromatic heterocycles. The van der Waals surface area contributed by atoms with E-state index in [9.17, 15) is 19.2 Å². The van der Waals surface area contributed by atoms with E-state index in [-0.39, 0.29) is 42.3 Å². The highest BCUT2D eigenvalue weighted by atomic mass is 16.2. The van der Waals surface area contributed by atoms with Crippen LogP contribution in [0, 0.1) is 5.92 Å². The van der Waals surface area contributed by atoms with Crippen molar-refractivity contribution in [1.82, 2.24) is 20.4 Å². The summed E-state index contributed by atoms with van der Waals surface area (Å²) in [5.41, 5.74) is 0.529. The van der Waals surface area contributed by atoms with Gasteiger partial charge in [0, 0.05) is 25.2 Å². The molecule has 2 N–H and O–H groups in total. The first-order valence-electron chi connectivity index (χ1n) is 12.0. The smallest absolute Gasteiger partial charge is 0.249 e. The molecule has 0 aromatic carbocycles. The number of carbonyl (C=O) groups is 4. The third kappa shape index (κ3) is 7.07. The molecule has 0 aromatic rings. The first-order valence-corrected chi connectivity index (χ1v) is 12.0. The molecule has 1 saturated carbocycles. The van der Waals surface area contributed by atoms with Crippen LogP contribution < -0.4 is 10.6 Å². The van der Waals surface area contributed by atoms with Crippen molar-refractivity contribution in [3.63, 3.8) is 0 Å². The second-order valence-electron chi connectivity index (χ2n) is 9.44. The van der Waals surface area contributed by atoms with Crippen LogP contribution in [0.4, 0.5) is 0 Å². The van der Waals surface area contributed by atoms with E-state index in [1.807, 2.05) is 19.9 Å². The molecule has 1 aliphatic heterocycles. The quantitative estimate of drug-likeness (QED) is 0.320. The predicted molar refractivity (Wildman–Crippen MR) is 124 cm³/mol. The summed E-state index contributed by atoms with van der Waals surface area (Å²) in [6.45, 7) is 6.19. The van der Waals surface area contributed by atoms with Gasteiger partial charge in [-0.25, -0.2) is 0 Å². The van der Waals surface area contributed by atoms with Gasteiger partial charge in [0.05, 0.1) is 12.6 Å². The van der Waals surface area contributed by atoms with Crippen LogP contribution in [0.25, 0.3) is 0 Å². The number of hydrogen-bond acceptors (Lipinski definition) is 4. The summed E-state index contributed by atoms with van der Waals surface area (Å²) in [6.07, 6.45) is 10.6. The molecule has 2 atom stereocenters. The van der Waals surface area contributed by atoms with Crippen molar-refractivity contribution in [2.24, 2.45) is 5.92 Å². The first kappa shape index (κ1) is 25.9. The maximum absolute atomic E-state index is 13.2. The molecule has 0 unspecified atom stereocenters. The van der Waals surface area contributed by atoms with Crippen molar-refractivity contribution in [1.29, 1.82) is 0 Å². The molecule has 0 spiro atoms. The molecule has 0 radical (unpaired) electrons. The van der Waals surface area contributed by atoms with E-state index in [1.54, 1.807) is 23.8 Å². The number of rotatable bonds is 9. The van der Waals surface area contributed by atoms with Crippen LogP contribution in [-0.2, 0) is 19.2 Å². The Bertz CT molecular complexity index is 698. The van der Waals surface area contributed by atoms with Crippen molar-refractivity contribution in [3.05, 3.63) is 11.6 Å². The minimum Gasteiger partial charge on any atom is -0.352 e. The highest BCUT2D eigenvalue weighted by Gasteiger charge is 2.35. The maximum Gasteiger partial charge on any atom is 0.249 e. The van der Waals surface area contributed by atoms with Gasteiger partial charge >= 0.3 is 0 Å². The van der Waals surface area contributed by atoms with Gasteiger partial charge in [-0.3, -0.25) is 19.2 Å². The molecular weight excluding hydrogens is 408 g/mol. The summed E-state index contributed by atoms with van der Waals surface area (Å²) in [4.78, 5) is 52.3. The van der Waals surface area contributed by atoms with Crippen LogP contribution in [-0.4, -0.2) is 72.2 Å². The zero-order valence-electron chi connectivity index (χ0n) is 20.1. The molecule has 1 saturated heterocycles. The van der Waals surface area contributed by atoms with Crippen LogP contribution in [0.3, 0.4) is 0 Å². The summed E-state index contributed by atoms with van der Waals surface area (Å²) < 4.78 is 0. The standard InChI is InChI=1S/C24H40N4O4/c1-17(2)21(27(4)22(30)15-25-16-29)14-18(3)24(32)28-13-9-12-20(28)23(31)26-19-10-7-5-6-8-11-19/h14,16-17,19-21H,5-13,15H2,1-4H3,(H,25,29)(H,26,31)/b18-14+/t20-,21+/m0/s1. The molecule has 2 rings (SSSR count). The predicted octanol–water partition coefficient (Wildman–Crippen LogP) is 1.99. The van der Waals surface area contributed by atoms with E-state index >= 15 is 0 Å². The van der Waals surface area contributed by atoms with E-state index in [0.717, 1.165) is 32.1 Å². The van der Waals surface area contributed by atoms with Gasteiger partial charge in [0.25, 0.3) is 0 Å². The van der Waals surface area contributed by atoms with Crippen molar-refractivity contribution >= 4 is 24.1 Å². The van der Waals surface area contributed by atoms with Crippen LogP contribution in [0.1, 0.15) is 72.1 Å². The third-order valence-electron chi connectivity index (χ3n) is 6.64. The number of carbonyl (C=O) groups excluding carboxylic acids is 4. The van der Waals surface area contributed by atoms with Gasteiger partial charge in [0.15, 0.2) is 0 Å². The Morgan fingerprint density at radius 2 is 1.72 bits per heavy atom. The van der Waals surface area contributed by atoms with Gasteiger partial charge in [-0.15, -0.1) is 0 Å². The van der Waals surface area contributed by atoms with Gasteiger partial charge in [0.2, 0.25) is 24.1 Å². The first-order chi connectivity index (χ1) is 15.3. The molecule has 1 aliphatic carbocycles. The van der Waals surface area contributed by atoms with E-state index in [0.29, 0.717) is 24.9 Å². The number of nitrogens with one attached hydrogen (secondary N) is 2. The Kier molecular flexibility index (Phi) is 10.2. The lowest BCUT2D eigenvalue weighted by atomic mass is 9.99. The van der Waals surface area contributed by atoms with Gasteiger partial charge in [-0.1, -0.05) is 45.6 Å². The lowest BCUT2D eigenvalue weighted by Crippen LogP contribution is -2.49. The zero-order valence-corrected chi connectivity index (χ0v) is 20.1. The molecular formula is C24H40N4O4. The molecule has 1 heterocycles. The fourth-order valence-electron chi connectivity index (χ4n) is 4.73. The van der Waals surface area contributed by atoms with E-state index in [2.05, 4.69) is 10.6 Å². The number of amides is 4. The SMILES string of the molecule is C/C(=C\[C@H](C(C)C)N(C)C(=O)CNC=O)C(=O)N1CCC[C@H]1C(=O)NC1CCCCCC1. The summed E-state index contributed by atoms with van der Waals surface area (Å²) in [5.74, 6) is -0.339. The second kappa shape index (κ2) is 12.6. The zero-order chi connectivity index (χ0) is 23.7. The van der Waals surface area contributed by atoms with Crippen molar-refractivity contribution in [2.45, 2.75) is 90.3 Å². The Labute approximate surface area is 192 Å². The second-order valence-corrected chi connectivity index (χ2v) is 9.44. The summed E-state index contributed by atoms with van der Waals surface area (Å²) in [7, 11) is 1.67. The maximum atomic E-state index is 13.2. The molecule has 180 valence electrons. The highest BCUT2D eigenvalue weighted by molar-refractivity contribution is 5.97. The number of likely N-dealkylation sites (tertiary alicyclic amines) is 1. The molecule has 4 amide bonds. The molecule has 0 bridgehead atoms. The van der Waals surface area contributed by atoms with Crippen LogP contribution in [0.5, 0.6) is 0 Å². The summed E-state index contributed by atoms with van der Waals surface area (Å²) in [5, 5.41) is 5.58. The van der Waals surface area contributed by atoms with Crippen LogP contribution in [0.2, 0.25) is 0 Å². The van der Waals surface area contributed by atoms with Gasteiger partial charge in [-0.05, 0) is 38.5 Å². The van der Waals surface area contributed by atoms with Crippen molar-refractivity contribution in [2.75, 3.05) is 20.1 Å². The minimum absolute atomic E-state index is 0.0387. The normalized spacial score (nSPS) is 21.1. The van der Waals surface area contributed by atoms with Gasteiger partial charge in [-0.2, -0.15) is 0 Å². The fourth-order valence-corrected chi connectivity index (χ4v) is 4.73. The Morgan fingerprint density at radius 1 is 1.06 bits per heavy atom. The molecule has 8 heteroatoms. The summed E-state index contributed by atoms with van der Waals surface area (Å²) in [6, 6.07) is -0.507. The minimum atomic E-state index is -0.428. The van der Waals surface area contributed by atoms with Crippen LogP contribution >= 0.6 is 0 Å². The van der Waals surface area contributed by atoms with Crippen molar-refractivity contribution in [3.8, 4) is 0 Å². The average Bonchev–Trinajstić information content (AvgIpc) is 3.12. The lowest BCUT2D eigenvalue weighted by Gasteiger charge is -2.30. The number of nitrogens with zero attached hydrogens (tertiary/aromatic N) is 2. The Morgan fingerprint density at radius 3 is 2.31 bits per heavy atom. The average molecular weight is 449 g/mol. The third-order valence-corrected chi connectivity index (χ3v) is 6.64. The van der Waals surface area contributed by atoms with Gasteiger partial charge in [0.1, 0.15) is 6.04 Å². The van der Waals surface area contributed by atoms with Crippen molar-refractivity contribution < 1.29 is 19.2 Å². The Balaban J connectivity index is 2.07. The molecule has 2 fully saturated rings. The molecule has 32 heavy (non-hydrogen) atoms. The van der Waals surface area contributed by atoms with Crippen LogP contribution in [0.15, 0.2) is 11.6 Å². The monoisotopic (exact) mass is 448 g/mol. The van der Waals surface area contributed by atoms with E-state index in [1.165, 1.54) is 12.8 Å². The topological polar surface area (TPSA) is 98.8 Å². The number of hydrogen-bond donors (Lipinski definition) is 2. The van der Waals surface area contributed by atoms with E-state index in [4.69, 9.17) is 0 Å². The van der Waals surface area contributed by atoms with Gasteiger partial charge < -0.3 is 20.4 Å². The fraction of sp³-hybridized carbons (Fsp3) is 0.750. The van der Waals surface area contributed by atoms with E-state index < -0.39 is 6.04 Å².